The minimum atomic E-state index is -3.72. The Morgan fingerprint density at radius 2 is 1.95 bits per heavy atom. The van der Waals surface area contributed by atoms with Crippen LogP contribution in [0.4, 0.5) is 5.69 Å². The predicted octanol–water partition coefficient (Wildman–Crippen LogP) is 5.14. The number of carbonyl (C=O) groups is 2. The SMILES string of the molecule is COc1nn(C)cc1C(=O)NS1(=O)=NC(=O)c2ccc3c(c2)N(C[C@@H]2CC[C@H]2[C@@H](OC)[C@@H]2CN(C)[C@H]4CO[C@H](C(C)C1)[C@@H]24)C[C@@]1(CCCc2cc(Cl)ccc21)CO3. The van der Waals surface area contributed by atoms with Crippen molar-refractivity contribution in [3.8, 4) is 11.6 Å². The molecule has 1 aromatic heterocycles. The molecule has 15 heteroatoms. The van der Waals surface area contributed by atoms with E-state index in [1.807, 2.05) is 32.2 Å². The molecule has 3 aromatic rings. The van der Waals surface area contributed by atoms with E-state index in [0.717, 1.165) is 55.9 Å². The number of ether oxygens (including phenoxy) is 4. The highest BCUT2D eigenvalue weighted by atomic mass is 35.5. The number of rotatable bonds is 4. The molecule has 3 fully saturated rings. The summed E-state index contributed by atoms with van der Waals surface area (Å²) < 4.78 is 48.9. The summed E-state index contributed by atoms with van der Waals surface area (Å²) in [6.45, 7) is 5.37. The van der Waals surface area contributed by atoms with Gasteiger partial charge >= 0.3 is 0 Å². The monoisotopic (exact) mass is 820 g/mol. The first-order valence-corrected chi connectivity index (χ1v) is 22.3. The number of amides is 2. The van der Waals surface area contributed by atoms with Crippen LogP contribution in [0.25, 0.3) is 0 Å². The van der Waals surface area contributed by atoms with Crippen LogP contribution in [0.2, 0.25) is 5.02 Å². The molecule has 1 saturated carbocycles. The Hall–Kier alpha value is -3.69. The molecule has 4 aliphatic heterocycles. The third-order valence-corrected chi connectivity index (χ3v) is 16.1. The van der Waals surface area contributed by atoms with Crippen LogP contribution in [0.1, 0.15) is 64.4 Å². The number of methoxy groups -OCH3 is 2. The van der Waals surface area contributed by atoms with Gasteiger partial charge in [0.1, 0.15) is 21.2 Å². The summed E-state index contributed by atoms with van der Waals surface area (Å²) in [4.78, 5) is 33.0. The fraction of sp³-hybridized carbons (Fsp3) is 0.595. The van der Waals surface area contributed by atoms with Crippen molar-refractivity contribution in [3.05, 3.63) is 69.9 Å². The van der Waals surface area contributed by atoms with E-state index in [-0.39, 0.29) is 64.2 Å². The number of fused-ring (bicyclic) bond motifs is 4. The number of halogens is 1. The van der Waals surface area contributed by atoms with Crippen LogP contribution in [0.3, 0.4) is 0 Å². The Bertz CT molecular complexity index is 2210. The standard InChI is InChI=1S/C42H53ClN6O7S/c1-24-21-57(52,46-40(51)31-19-48(3)44-41(31)54-5)45-39(50)26-9-13-35-33(16-26)49(22-42(23-56-35)14-6-7-25-15-28(43)10-12-32(25)42)17-27-8-11-29(27)38(53-4)30-18-47(2)34-20-55-37(24)36(30)34/h9-10,12-13,15-16,19,24,27,29-30,34,36-38H,6-8,11,14,17-18,20-23H2,1-5H3,(H,45,46,50,51,52)/t24?,27-,29+,30+,34-,36-,37+,38+,42-,57?/m0/s1. The highest BCUT2D eigenvalue weighted by Crippen LogP contribution is 2.51. The lowest BCUT2D eigenvalue weighted by atomic mass is 9.64. The smallest absolute Gasteiger partial charge is 0.286 e. The third-order valence-electron chi connectivity index (χ3n) is 13.9. The molecular weight excluding hydrogens is 768 g/mol. The highest BCUT2D eigenvalue weighted by molar-refractivity contribution is 7.92. The van der Waals surface area contributed by atoms with Crippen molar-refractivity contribution >= 4 is 39.0 Å². The number of aromatic nitrogens is 2. The Kier molecular flexibility index (Phi) is 10.1. The summed E-state index contributed by atoms with van der Waals surface area (Å²) in [5.74, 6) is -0.0252. The first-order chi connectivity index (χ1) is 27.4. The number of anilines is 1. The molecule has 5 heterocycles. The molecule has 2 saturated heterocycles. The van der Waals surface area contributed by atoms with Gasteiger partial charge in [-0.25, -0.2) is 4.21 Å². The summed E-state index contributed by atoms with van der Waals surface area (Å²) >= 11 is 6.52. The van der Waals surface area contributed by atoms with Gasteiger partial charge in [-0.3, -0.25) is 19.0 Å². The lowest BCUT2D eigenvalue weighted by Crippen LogP contribution is -2.52. The van der Waals surface area contributed by atoms with E-state index in [4.69, 9.17) is 30.5 Å². The summed E-state index contributed by atoms with van der Waals surface area (Å²) in [7, 11) is 3.36. The Morgan fingerprint density at radius 1 is 1.11 bits per heavy atom. The fourth-order valence-corrected chi connectivity index (χ4v) is 13.3. The second kappa shape index (κ2) is 14.8. The Morgan fingerprint density at radius 3 is 2.72 bits per heavy atom. The molecule has 13 nitrogen and oxygen atoms in total. The van der Waals surface area contributed by atoms with Crippen molar-refractivity contribution in [1.82, 2.24) is 19.4 Å². The zero-order chi connectivity index (χ0) is 39.8. The van der Waals surface area contributed by atoms with Crippen molar-refractivity contribution in [2.24, 2.45) is 41.0 Å². The van der Waals surface area contributed by atoms with Crippen LogP contribution in [-0.2, 0) is 38.3 Å². The zero-order valence-corrected chi connectivity index (χ0v) is 34.9. The van der Waals surface area contributed by atoms with E-state index in [2.05, 4.69) is 43.2 Å². The second-order valence-electron chi connectivity index (χ2n) is 17.4. The molecule has 1 spiro atoms. The number of carbonyl (C=O) groups excluding carboxylic acids is 2. The van der Waals surface area contributed by atoms with Gasteiger partial charge in [0.05, 0.1) is 44.0 Å². The maximum atomic E-state index is 15.2. The average Bonchev–Trinajstić information content (AvgIpc) is 3.85. The molecule has 10 atom stereocenters. The van der Waals surface area contributed by atoms with Crippen LogP contribution in [0.15, 0.2) is 47.0 Å². The molecule has 57 heavy (non-hydrogen) atoms. The third kappa shape index (κ3) is 6.82. The number of benzene rings is 2. The number of likely N-dealkylation sites (N-methyl/N-ethyl adjacent to an activating group) is 1. The number of hydrogen-bond acceptors (Lipinski definition) is 10. The topological polar surface area (TPSA) is 137 Å². The van der Waals surface area contributed by atoms with Crippen LogP contribution in [-0.4, -0.2) is 109 Å². The maximum absolute atomic E-state index is 15.2. The summed E-state index contributed by atoms with van der Waals surface area (Å²) in [5, 5.41) is 4.94. The molecule has 2 unspecified atom stereocenters. The highest BCUT2D eigenvalue weighted by Gasteiger charge is 2.56. The van der Waals surface area contributed by atoms with Gasteiger partial charge in [0, 0.05) is 73.9 Å². The minimum absolute atomic E-state index is 0.000540. The molecular formula is C42H53ClN6O7S. The normalized spacial score (nSPS) is 34.9. The molecule has 2 aromatic carbocycles. The van der Waals surface area contributed by atoms with Crippen molar-refractivity contribution < 1.29 is 32.7 Å². The molecule has 6 aliphatic rings. The van der Waals surface area contributed by atoms with Crippen molar-refractivity contribution in [1.29, 1.82) is 0 Å². The van der Waals surface area contributed by atoms with Crippen LogP contribution >= 0.6 is 11.6 Å². The molecule has 2 bridgehead atoms. The van der Waals surface area contributed by atoms with Gasteiger partial charge in [0.2, 0.25) is 5.88 Å². The largest absolute Gasteiger partial charge is 0.490 e. The zero-order valence-electron chi connectivity index (χ0n) is 33.3. The van der Waals surface area contributed by atoms with Crippen molar-refractivity contribution in [2.45, 2.75) is 62.7 Å². The van der Waals surface area contributed by atoms with E-state index >= 15 is 4.21 Å². The number of aryl methyl sites for hydroxylation is 2. The summed E-state index contributed by atoms with van der Waals surface area (Å²) in [6.07, 6.45) is 6.32. The second-order valence-corrected chi connectivity index (χ2v) is 19.8. The lowest BCUT2D eigenvalue weighted by molar-refractivity contribution is -0.0725. The molecule has 306 valence electrons. The van der Waals surface area contributed by atoms with Crippen LogP contribution < -0.4 is 19.1 Å². The van der Waals surface area contributed by atoms with Gasteiger partial charge in [-0.15, -0.1) is 9.46 Å². The molecule has 0 radical (unpaired) electrons. The number of likely N-dealkylation sites (tertiary alicyclic amines) is 1. The van der Waals surface area contributed by atoms with Crippen LogP contribution in [0.5, 0.6) is 11.6 Å². The van der Waals surface area contributed by atoms with E-state index < -0.39 is 21.7 Å². The molecule has 1 N–H and O–H groups in total. The first-order valence-electron chi connectivity index (χ1n) is 20.2. The first kappa shape index (κ1) is 38.8. The van der Waals surface area contributed by atoms with E-state index in [1.165, 1.54) is 29.1 Å². The summed E-state index contributed by atoms with van der Waals surface area (Å²) in [5.41, 5.74) is 3.42. The lowest BCUT2D eigenvalue weighted by Gasteiger charge is -2.48. The number of hydrogen-bond donors (Lipinski definition) is 1. The van der Waals surface area contributed by atoms with E-state index in [1.54, 1.807) is 13.1 Å². The van der Waals surface area contributed by atoms with Gasteiger partial charge in [-0.1, -0.05) is 24.6 Å². The Labute approximate surface area is 340 Å². The maximum Gasteiger partial charge on any atom is 0.286 e. The molecule has 9 rings (SSSR count). The predicted molar refractivity (Wildman–Crippen MR) is 217 cm³/mol. The quantitative estimate of drug-likeness (QED) is 0.377. The number of nitrogens with one attached hydrogen (secondary N) is 1. The minimum Gasteiger partial charge on any atom is -0.490 e. The van der Waals surface area contributed by atoms with Crippen molar-refractivity contribution in [3.63, 3.8) is 0 Å². The van der Waals surface area contributed by atoms with Gasteiger partial charge in [-0.05, 0) is 98.4 Å². The van der Waals surface area contributed by atoms with Crippen LogP contribution in [0, 0.1) is 29.6 Å². The number of nitrogens with zero attached hydrogens (tertiary/aromatic N) is 5. The van der Waals surface area contributed by atoms with Gasteiger partial charge < -0.3 is 28.7 Å². The van der Waals surface area contributed by atoms with E-state index in [9.17, 15) is 9.59 Å². The average molecular weight is 821 g/mol. The van der Waals surface area contributed by atoms with Gasteiger partial charge in [-0.2, -0.15) is 0 Å². The molecule has 2 amide bonds. The molecule has 2 aliphatic carbocycles. The summed E-state index contributed by atoms with van der Waals surface area (Å²) in [6, 6.07) is 11.8. The Balaban J connectivity index is 1.16. The van der Waals surface area contributed by atoms with Gasteiger partial charge in [0.25, 0.3) is 11.8 Å². The fourth-order valence-electron chi connectivity index (χ4n) is 11.2. The van der Waals surface area contributed by atoms with E-state index in [0.29, 0.717) is 37.3 Å². The van der Waals surface area contributed by atoms with Gasteiger partial charge in [0.15, 0.2) is 0 Å². The van der Waals surface area contributed by atoms with Crippen molar-refractivity contribution in [2.75, 3.05) is 64.8 Å².